The summed E-state index contributed by atoms with van der Waals surface area (Å²) >= 11 is 0.933. The minimum Gasteiger partial charge on any atom is -0.282 e. The molecule has 2 rings (SSSR count). The van der Waals surface area contributed by atoms with Crippen LogP contribution in [0.15, 0.2) is 46.9 Å². The lowest BCUT2D eigenvalue weighted by Gasteiger charge is -1.96. The molecule has 17 heavy (non-hydrogen) atoms. The Labute approximate surface area is 104 Å². The Balaban J connectivity index is 2.19. The zero-order valence-corrected chi connectivity index (χ0v) is 10.1. The van der Waals surface area contributed by atoms with Gasteiger partial charge in [-0.25, -0.2) is 0 Å². The van der Waals surface area contributed by atoms with Crippen molar-refractivity contribution >= 4 is 29.0 Å². The molecule has 0 saturated carbocycles. The molecule has 0 aromatic heterocycles. The molecule has 0 spiro atoms. The molecule has 1 aliphatic heterocycles. The maximum absolute atomic E-state index is 11.3. The third-order valence-corrected chi connectivity index (χ3v) is 3.01. The quantitative estimate of drug-likeness (QED) is 0.815. The molecule has 1 heterocycles. The number of imide groups is 1. The number of hydrogen-bond donors (Lipinski definition) is 1. The molecule has 0 bridgehead atoms. The van der Waals surface area contributed by atoms with E-state index in [0.29, 0.717) is 4.91 Å². The zero-order chi connectivity index (χ0) is 12.3. The van der Waals surface area contributed by atoms with Crippen molar-refractivity contribution in [2.75, 3.05) is 0 Å². The van der Waals surface area contributed by atoms with Crippen LogP contribution in [0.1, 0.15) is 12.5 Å². The van der Waals surface area contributed by atoms with Crippen molar-refractivity contribution in [2.45, 2.75) is 6.92 Å². The van der Waals surface area contributed by atoms with E-state index >= 15 is 0 Å². The summed E-state index contributed by atoms with van der Waals surface area (Å²) in [6.45, 7) is 1.90. The highest BCUT2D eigenvalue weighted by Gasteiger charge is 2.24. The summed E-state index contributed by atoms with van der Waals surface area (Å²) in [6, 6.07) is 9.81. The van der Waals surface area contributed by atoms with Gasteiger partial charge in [-0.2, -0.15) is 0 Å². The lowest BCUT2D eigenvalue weighted by atomic mass is 10.1. The number of nitrogens with one attached hydrogen (secondary N) is 1. The monoisotopic (exact) mass is 245 g/mol. The summed E-state index contributed by atoms with van der Waals surface area (Å²) in [5, 5.41) is 1.91. The molecule has 1 fully saturated rings. The molecule has 1 saturated heterocycles. The molecule has 1 N–H and O–H groups in total. The van der Waals surface area contributed by atoms with Gasteiger partial charge in [0.1, 0.15) is 0 Å². The first-order valence-corrected chi connectivity index (χ1v) is 5.95. The average molecular weight is 245 g/mol. The Bertz CT molecular complexity index is 517. The second-order valence-electron chi connectivity index (χ2n) is 3.65. The normalized spacial score (nSPS) is 18.6. The Morgan fingerprint density at radius 1 is 1.24 bits per heavy atom. The van der Waals surface area contributed by atoms with Crippen LogP contribution in [0.4, 0.5) is 4.79 Å². The van der Waals surface area contributed by atoms with Crippen LogP contribution in [-0.2, 0) is 4.79 Å². The Morgan fingerprint density at radius 2 is 1.94 bits per heavy atom. The molecule has 86 valence electrons. The average Bonchev–Trinajstić information content (AvgIpc) is 2.58. The van der Waals surface area contributed by atoms with Gasteiger partial charge in [-0.3, -0.25) is 14.9 Å². The molecular formula is C13H11NO2S. The molecule has 1 aromatic carbocycles. The van der Waals surface area contributed by atoms with E-state index in [1.165, 1.54) is 0 Å². The van der Waals surface area contributed by atoms with E-state index in [1.807, 2.05) is 43.3 Å². The second kappa shape index (κ2) is 5.01. The van der Waals surface area contributed by atoms with Crippen molar-refractivity contribution in [1.29, 1.82) is 0 Å². The summed E-state index contributed by atoms with van der Waals surface area (Å²) in [4.78, 5) is 22.7. The fourth-order valence-corrected chi connectivity index (χ4v) is 2.21. The number of carbonyl (C=O) groups excluding carboxylic acids is 2. The van der Waals surface area contributed by atoms with Crippen LogP contribution in [0.2, 0.25) is 0 Å². The van der Waals surface area contributed by atoms with Crippen molar-refractivity contribution in [3.8, 4) is 0 Å². The molecule has 4 heteroatoms. The van der Waals surface area contributed by atoms with E-state index in [1.54, 1.807) is 6.08 Å². The summed E-state index contributed by atoms with van der Waals surface area (Å²) < 4.78 is 0. The minimum absolute atomic E-state index is 0.311. The van der Waals surface area contributed by atoms with E-state index in [2.05, 4.69) is 5.32 Å². The van der Waals surface area contributed by atoms with Crippen LogP contribution in [0.3, 0.4) is 0 Å². The topological polar surface area (TPSA) is 46.2 Å². The second-order valence-corrected chi connectivity index (χ2v) is 4.67. The molecule has 0 aliphatic carbocycles. The molecule has 1 aliphatic rings. The van der Waals surface area contributed by atoms with Crippen LogP contribution < -0.4 is 5.32 Å². The van der Waals surface area contributed by atoms with Crippen molar-refractivity contribution < 1.29 is 9.59 Å². The van der Waals surface area contributed by atoms with Crippen molar-refractivity contribution in [1.82, 2.24) is 5.32 Å². The summed E-state index contributed by atoms with van der Waals surface area (Å²) in [7, 11) is 0. The summed E-state index contributed by atoms with van der Waals surface area (Å²) in [5.41, 5.74) is 2.00. The summed E-state index contributed by atoms with van der Waals surface area (Å²) in [6.07, 6.45) is 3.68. The van der Waals surface area contributed by atoms with Gasteiger partial charge < -0.3 is 0 Å². The van der Waals surface area contributed by atoms with Gasteiger partial charge in [-0.1, -0.05) is 36.4 Å². The predicted molar refractivity (Wildman–Crippen MR) is 69.3 cm³/mol. The van der Waals surface area contributed by atoms with Crippen LogP contribution in [0.25, 0.3) is 6.08 Å². The van der Waals surface area contributed by atoms with Crippen molar-refractivity contribution in [2.24, 2.45) is 0 Å². The molecular weight excluding hydrogens is 234 g/mol. The van der Waals surface area contributed by atoms with Crippen molar-refractivity contribution in [3.05, 3.63) is 52.4 Å². The van der Waals surface area contributed by atoms with Gasteiger partial charge in [-0.15, -0.1) is 0 Å². The largest absolute Gasteiger partial charge is 0.290 e. The molecule has 0 unspecified atom stereocenters. The Hall–Kier alpha value is -1.81. The zero-order valence-electron chi connectivity index (χ0n) is 9.27. The van der Waals surface area contributed by atoms with Gasteiger partial charge in [0.05, 0.1) is 4.91 Å². The van der Waals surface area contributed by atoms with E-state index in [4.69, 9.17) is 0 Å². The predicted octanol–water partition coefficient (Wildman–Crippen LogP) is 2.96. The third-order valence-electron chi connectivity index (χ3n) is 2.19. The van der Waals surface area contributed by atoms with Gasteiger partial charge in [0, 0.05) is 0 Å². The highest BCUT2D eigenvalue weighted by Crippen LogP contribution is 2.24. The lowest BCUT2D eigenvalue weighted by Crippen LogP contribution is -2.17. The molecule has 3 nitrogen and oxygen atoms in total. The Kier molecular flexibility index (Phi) is 3.44. The van der Waals surface area contributed by atoms with Crippen LogP contribution in [0, 0.1) is 0 Å². The maximum Gasteiger partial charge on any atom is 0.290 e. The van der Waals surface area contributed by atoms with Crippen LogP contribution in [0.5, 0.6) is 0 Å². The number of hydrogen-bond acceptors (Lipinski definition) is 3. The Morgan fingerprint density at radius 3 is 2.53 bits per heavy atom. The fraction of sp³-hybridized carbons (Fsp3) is 0.0769. The van der Waals surface area contributed by atoms with E-state index in [-0.39, 0.29) is 11.1 Å². The standard InChI is InChI=1S/C13H11NO2S/c1-9(7-10-5-3-2-4-6-10)8-11-12(15)14-13(16)17-11/h2-8H,1H3,(H,14,15,16)/b9-7+,11-8-. The van der Waals surface area contributed by atoms with Crippen LogP contribution >= 0.6 is 11.8 Å². The fourth-order valence-electron chi connectivity index (χ4n) is 1.48. The smallest absolute Gasteiger partial charge is 0.282 e. The molecule has 0 atom stereocenters. The van der Waals surface area contributed by atoms with E-state index < -0.39 is 0 Å². The number of carbonyl (C=O) groups is 2. The summed E-state index contributed by atoms with van der Waals surface area (Å²) in [5.74, 6) is -0.319. The van der Waals surface area contributed by atoms with Gasteiger partial charge in [0.15, 0.2) is 0 Å². The number of amides is 2. The first kappa shape index (κ1) is 11.7. The molecule has 2 amide bonds. The highest BCUT2D eigenvalue weighted by atomic mass is 32.2. The number of benzene rings is 1. The first-order chi connectivity index (χ1) is 8.15. The van der Waals surface area contributed by atoms with Gasteiger partial charge in [-0.05, 0) is 35.9 Å². The minimum atomic E-state index is -0.319. The van der Waals surface area contributed by atoms with Gasteiger partial charge in [0.2, 0.25) is 0 Å². The van der Waals surface area contributed by atoms with Gasteiger partial charge >= 0.3 is 0 Å². The molecule has 0 radical (unpaired) electrons. The highest BCUT2D eigenvalue weighted by molar-refractivity contribution is 8.18. The maximum atomic E-state index is 11.3. The molecule has 1 aromatic rings. The van der Waals surface area contributed by atoms with E-state index in [9.17, 15) is 9.59 Å². The SMILES string of the molecule is CC(/C=C1\SC(=O)NC1=O)=C\c1ccccc1. The van der Waals surface area contributed by atoms with Gasteiger partial charge in [0.25, 0.3) is 11.1 Å². The van der Waals surface area contributed by atoms with Crippen molar-refractivity contribution in [3.63, 3.8) is 0 Å². The van der Waals surface area contributed by atoms with Crippen LogP contribution in [-0.4, -0.2) is 11.1 Å². The number of rotatable bonds is 2. The van der Waals surface area contributed by atoms with E-state index in [0.717, 1.165) is 22.9 Å². The lowest BCUT2D eigenvalue weighted by molar-refractivity contribution is -0.115. The third kappa shape index (κ3) is 3.07. The number of allylic oxidation sites excluding steroid dienone is 2. The number of thioether (sulfide) groups is 1. The first-order valence-electron chi connectivity index (χ1n) is 5.13.